The van der Waals surface area contributed by atoms with Gasteiger partial charge in [-0.2, -0.15) is 26.3 Å². The number of thiophene rings is 1. The van der Waals surface area contributed by atoms with Crippen LogP contribution in [0.15, 0.2) is 52.3 Å². The second-order valence-corrected chi connectivity index (χ2v) is 11.9. The highest BCUT2D eigenvalue weighted by Gasteiger charge is 2.57. The van der Waals surface area contributed by atoms with E-state index < -0.39 is 35.7 Å². The van der Waals surface area contributed by atoms with E-state index in [1.807, 2.05) is 0 Å². The maximum Gasteiger partial charge on any atom is 0.428 e. The third kappa shape index (κ3) is 5.94. The molecule has 6 nitrogen and oxygen atoms in total. The summed E-state index contributed by atoms with van der Waals surface area (Å²) in [6, 6.07) is 7.10. The van der Waals surface area contributed by atoms with Crippen molar-refractivity contribution in [1.29, 1.82) is 0 Å². The molecule has 0 radical (unpaired) electrons. The molecule has 3 aromatic heterocycles. The van der Waals surface area contributed by atoms with Gasteiger partial charge in [-0.1, -0.05) is 18.0 Å². The van der Waals surface area contributed by atoms with E-state index in [0.29, 0.717) is 60.2 Å². The summed E-state index contributed by atoms with van der Waals surface area (Å²) in [5.74, 6) is 0.0374. The Morgan fingerprint density at radius 2 is 1.74 bits per heavy atom. The first-order valence-electron chi connectivity index (χ1n) is 13.0. The third-order valence-corrected chi connectivity index (χ3v) is 8.63. The minimum Gasteiger partial charge on any atom is -0.477 e. The molecule has 0 atom stereocenters. The summed E-state index contributed by atoms with van der Waals surface area (Å²) < 4.78 is 89.5. The molecule has 42 heavy (non-hydrogen) atoms. The van der Waals surface area contributed by atoms with Gasteiger partial charge >= 0.3 is 18.0 Å². The molecule has 0 spiro atoms. The molecule has 14 heteroatoms. The van der Waals surface area contributed by atoms with Crippen molar-refractivity contribution in [3.05, 3.63) is 79.0 Å². The van der Waals surface area contributed by atoms with Gasteiger partial charge in [-0.05, 0) is 62.4 Å². The van der Waals surface area contributed by atoms with Crippen LogP contribution in [0, 0.1) is 6.92 Å². The van der Waals surface area contributed by atoms with E-state index in [1.165, 1.54) is 18.3 Å². The summed E-state index contributed by atoms with van der Waals surface area (Å²) in [6.07, 6.45) is -5.95. The van der Waals surface area contributed by atoms with Gasteiger partial charge < -0.3 is 4.74 Å². The quantitative estimate of drug-likeness (QED) is 0.207. The molecule has 0 saturated heterocycles. The molecule has 5 rings (SSSR count). The predicted molar refractivity (Wildman–Crippen MR) is 147 cm³/mol. The number of aryl methyl sites for hydroxylation is 1. The number of hydrogen-bond acceptors (Lipinski definition) is 5. The molecule has 1 aromatic carbocycles. The fraction of sp³-hybridized carbons (Fsp3) is 0.393. The van der Waals surface area contributed by atoms with Gasteiger partial charge in [-0.3, -0.25) is 18.9 Å². The number of fused-ring (bicyclic) bond motifs is 1. The van der Waals surface area contributed by atoms with Crippen molar-refractivity contribution in [3.8, 4) is 16.9 Å². The topological polar surface area (TPSA) is 66.1 Å². The Morgan fingerprint density at radius 3 is 2.40 bits per heavy atom. The Morgan fingerprint density at radius 1 is 1.02 bits per heavy atom. The van der Waals surface area contributed by atoms with Gasteiger partial charge in [-0.25, -0.2) is 4.79 Å². The molecule has 1 aliphatic carbocycles. The van der Waals surface area contributed by atoms with Crippen molar-refractivity contribution < 1.29 is 31.1 Å². The zero-order valence-corrected chi connectivity index (χ0v) is 23.7. The normalized spacial score (nSPS) is 15.7. The van der Waals surface area contributed by atoms with E-state index in [2.05, 4.69) is 4.98 Å². The van der Waals surface area contributed by atoms with Crippen LogP contribution in [0.2, 0.25) is 5.02 Å². The molecule has 0 amide bonds. The summed E-state index contributed by atoms with van der Waals surface area (Å²) in [4.78, 5) is 29.9. The first-order valence-corrected chi connectivity index (χ1v) is 14.2. The number of aromatic nitrogens is 3. The van der Waals surface area contributed by atoms with Crippen LogP contribution in [0.25, 0.3) is 21.3 Å². The average Bonchev–Trinajstić information content (AvgIpc) is 3.32. The predicted octanol–water partition coefficient (Wildman–Crippen LogP) is 7.50. The summed E-state index contributed by atoms with van der Waals surface area (Å²) in [5.41, 5.74) is -2.64. The highest BCUT2D eigenvalue weighted by atomic mass is 35.5. The monoisotopic (exact) mass is 631 g/mol. The SMILES string of the molecule is Cc1cc(Cl)cc(-c2ccnc3cc(Cn4c(=O)ccn(CC(F)(F)F)c4=O)sc23)c1OC1(C(F)(F)F)CCCCC1. The zero-order valence-electron chi connectivity index (χ0n) is 22.1. The number of hydrogen-bond donors (Lipinski definition) is 0. The van der Waals surface area contributed by atoms with Gasteiger partial charge in [0.2, 0.25) is 5.60 Å². The van der Waals surface area contributed by atoms with Crippen molar-refractivity contribution in [2.75, 3.05) is 0 Å². The van der Waals surface area contributed by atoms with Crippen molar-refractivity contribution in [2.24, 2.45) is 0 Å². The first kappa shape index (κ1) is 30.1. The van der Waals surface area contributed by atoms with Gasteiger partial charge in [0.05, 0.1) is 16.8 Å². The molecule has 1 saturated carbocycles. The van der Waals surface area contributed by atoms with Gasteiger partial charge in [0.25, 0.3) is 5.56 Å². The lowest BCUT2D eigenvalue weighted by Gasteiger charge is -2.40. The van der Waals surface area contributed by atoms with E-state index in [-0.39, 0.29) is 30.2 Å². The Bertz CT molecular complexity index is 1750. The number of halogens is 7. The molecule has 0 unspecified atom stereocenters. The minimum atomic E-state index is -4.67. The van der Waals surface area contributed by atoms with Gasteiger partial charge in [0.15, 0.2) is 0 Å². The van der Waals surface area contributed by atoms with E-state index in [0.717, 1.165) is 23.6 Å². The summed E-state index contributed by atoms with van der Waals surface area (Å²) in [6.45, 7) is -0.268. The molecule has 0 N–H and O–H groups in total. The van der Waals surface area contributed by atoms with Crippen LogP contribution in [-0.2, 0) is 13.1 Å². The van der Waals surface area contributed by atoms with E-state index in [9.17, 15) is 35.9 Å². The standard InChI is InChI=1S/C28H24ClF6N3O3S/c1-16-11-17(29)12-20(23(16)41-26(28(33,34)35)7-3-2-4-8-26)19-5-9-36-21-13-18(42-24(19)21)14-38-22(39)6-10-37(25(38)40)15-27(30,31)32/h5-6,9-13H,2-4,7-8,14-15H2,1H3. The van der Waals surface area contributed by atoms with Crippen LogP contribution in [0.5, 0.6) is 5.75 Å². The third-order valence-electron chi connectivity index (χ3n) is 7.27. The average molecular weight is 632 g/mol. The molecule has 3 heterocycles. The van der Waals surface area contributed by atoms with Crippen LogP contribution in [0.4, 0.5) is 26.3 Å². The largest absolute Gasteiger partial charge is 0.477 e. The van der Waals surface area contributed by atoms with Crippen LogP contribution >= 0.6 is 22.9 Å². The number of ether oxygens (including phenoxy) is 1. The number of pyridine rings is 1. The Labute approximate surface area is 244 Å². The molecular weight excluding hydrogens is 608 g/mol. The highest BCUT2D eigenvalue weighted by molar-refractivity contribution is 7.19. The first-order chi connectivity index (χ1) is 19.7. The fourth-order valence-electron chi connectivity index (χ4n) is 5.28. The molecule has 0 aliphatic heterocycles. The summed E-state index contributed by atoms with van der Waals surface area (Å²) >= 11 is 7.46. The second kappa shape index (κ2) is 11.1. The lowest BCUT2D eigenvalue weighted by molar-refractivity contribution is -0.258. The Kier molecular flexibility index (Phi) is 7.94. The summed E-state index contributed by atoms with van der Waals surface area (Å²) in [7, 11) is 0. The highest BCUT2D eigenvalue weighted by Crippen LogP contribution is 2.49. The Hall–Kier alpha value is -3.32. The van der Waals surface area contributed by atoms with Crippen molar-refractivity contribution in [2.45, 2.75) is 70.1 Å². The van der Waals surface area contributed by atoms with Crippen molar-refractivity contribution >= 4 is 33.2 Å². The lowest BCUT2D eigenvalue weighted by atomic mass is 9.83. The lowest BCUT2D eigenvalue weighted by Crippen LogP contribution is -2.51. The number of rotatable bonds is 6. The van der Waals surface area contributed by atoms with Crippen LogP contribution in [0.3, 0.4) is 0 Å². The number of alkyl halides is 6. The van der Waals surface area contributed by atoms with Crippen LogP contribution < -0.4 is 16.0 Å². The zero-order chi connectivity index (χ0) is 30.4. The second-order valence-electron chi connectivity index (χ2n) is 10.3. The van der Waals surface area contributed by atoms with E-state index >= 15 is 0 Å². The van der Waals surface area contributed by atoms with Gasteiger partial charge in [-0.15, -0.1) is 11.3 Å². The molecular formula is C28H24ClF6N3O3S. The fourth-order valence-corrected chi connectivity index (χ4v) is 6.68. The van der Waals surface area contributed by atoms with Crippen LogP contribution in [-0.4, -0.2) is 32.1 Å². The number of benzene rings is 1. The van der Waals surface area contributed by atoms with Gasteiger partial charge in [0.1, 0.15) is 12.3 Å². The summed E-state index contributed by atoms with van der Waals surface area (Å²) in [5, 5.41) is 0.280. The maximum atomic E-state index is 14.4. The molecule has 1 fully saturated rings. The van der Waals surface area contributed by atoms with Crippen molar-refractivity contribution in [3.63, 3.8) is 0 Å². The minimum absolute atomic E-state index is 0.0374. The van der Waals surface area contributed by atoms with E-state index in [4.69, 9.17) is 16.3 Å². The van der Waals surface area contributed by atoms with Crippen LogP contribution in [0.1, 0.15) is 42.5 Å². The van der Waals surface area contributed by atoms with E-state index in [1.54, 1.807) is 19.1 Å². The van der Waals surface area contributed by atoms with Gasteiger partial charge in [0, 0.05) is 39.5 Å². The smallest absolute Gasteiger partial charge is 0.428 e. The Balaban J connectivity index is 1.59. The molecule has 224 valence electrons. The van der Waals surface area contributed by atoms with Crippen molar-refractivity contribution in [1.82, 2.24) is 14.1 Å². The molecule has 4 aromatic rings. The maximum absolute atomic E-state index is 14.4. The molecule has 0 bridgehead atoms. The molecule has 1 aliphatic rings. The number of nitrogens with zero attached hydrogens (tertiary/aromatic N) is 3.